The quantitative estimate of drug-likeness (QED) is 0.664. The molecule has 2 heterocycles. The summed E-state index contributed by atoms with van der Waals surface area (Å²) in [5, 5.41) is 0. The second-order valence-electron chi connectivity index (χ2n) is 4.22. The minimum atomic E-state index is -0.194. The molecule has 15 heavy (non-hydrogen) atoms. The van der Waals surface area contributed by atoms with Crippen LogP contribution in [0.25, 0.3) is 0 Å². The molecule has 4 nitrogen and oxygen atoms in total. The van der Waals surface area contributed by atoms with Crippen molar-refractivity contribution >= 4 is 6.29 Å². The van der Waals surface area contributed by atoms with Crippen molar-refractivity contribution in [1.82, 2.24) is 0 Å². The standard InChI is InChI=1S/C11H18O4/c1-9-13-7-4-11(15-9)5-8-14-10(11)3-2-6-12/h6,9-10H,2-5,7-8H2,1H3/t9?,10-,11-/m1/s1. The van der Waals surface area contributed by atoms with Crippen molar-refractivity contribution < 1.29 is 19.0 Å². The van der Waals surface area contributed by atoms with E-state index in [1.807, 2.05) is 6.92 Å². The zero-order valence-electron chi connectivity index (χ0n) is 9.11. The summed E-state index contributed by atoms with van der Waals surface area (Å²) >= 11 is 0. The van der Waals surface area contributed by atoms with E-state index in [1.54, 1.807) is 0 Å². The summed E-state index contributed by atoms with van der Waals surface area (Å²) in [6, 6.07) is 0. The average Bonchev–Trinajstić information content (AvgIpc) is 2.58. The number of carbonyl (C=O) groups excluding carboxylic acids is 1. The van der Waals surface area contributed by atoms with Gasteiger partial charge in [-0.2, -0.15) is 0 Å². The number of aldehydes is 1. The molecule has 0 bridgehead atoms. The molecule has 0 aromatic carbocycles. The molecule has 2 fully saturated rings. The lowest BCUT2D eigenvalue weighted by molar-refractivity contribution is -0.260. The Labute approximate surface area is 89.9 Å². The molecule has 1 spiro atoms. The molecule has 2 aliphatic rings. The van der Waals surface area contributed by atoms with Gasteiger partial charge in [0.05, 0.1) is 12.7 Å². The molecule has 2 rings (SSSR count). The molecule has 2 aliphatic heterocycles. The van der Waals surface area contributed by atoms with E-state index in [9.17, 15) is 4.79 Å². The van der Waals surface area contributed by atoms with Gasteiger partial charge in [-0.3, -0.25) is 0 Å². The van der Waals surface area contributed by atoms with Gasteiger partial charge in [-0.25, -0.2) is 0 Å². The van der Waals surface area contributed by atoms with Crippen LogP contribution in [0.15, 0.2) is 0 Å². The fourth-order valence-corrected chi connectivity index (χ4v) is 2.49. The van der Waals surface area contributed by atoms with Crippen molar-refractivity contribution in [3.05, 3.63) is 0 Å². The number of hydrogen-bond acceptors (Lipinski definition) is 4. The molecule has 0 radical (unpaired) electrons. The normalized spacial score (nSPS) is 40.9. The SMILES string of the molecule is CC1OCC[C@]2(CCO[C@@H]2CCC=O)O1. The lowest BCUT2D eigenvalue weighted by Crippen LogP contribution is -2.48. The first kappa shape index (κ1) is 11.0. The summed E-state index contributed by atoms with van der Waals surface area (Å²) in [4.78, 5) is 10.4. The van der Waals surface area contributed by atoms with Gasteiger partial charge in [0.2, 0.25) is 0 Å². The van der Waals surface area contributed by atoms with Crippen LogP contribution in [0.4, 0.5) is 0 Å². The second-order valence-corrected chi connectivity index (χ2v) is 4.22. The van der Waals surface area contributed by atoms with Gasteiger partial charge in [0, 0.05) is 25.9 Å². The van der Waals surface area contributed by atoms with Crippen molar-refractivity contribution in [2.24, 2.45) is 0 Å². The summed E-state index contributed by atoms with van der Waals surface area (Å²) in [5.74, 6) is 0. The Balaban J connectivity index is 2.00. The molecule has 4 heteroatoms. The Morgan fingerprint density at radius 3 is 2.73 bits per heavy atom. The fourth-order valence-electron chi connectivity index (χ4n) is 2.49. The molecule has 1 unspecified atom stereocenters. The first-order valence-electron chi connectivity index (χ1n) is 5.61. The van der Waals surface area contributed by atoms with E-state index in [-0.39, 0.29) is 18.0 Å². The third-order valence-electron chi connectivity index (χ3n) is 3.26. The molecule has 0 amide bonds. The highest BCUT2D eigenvalue weighted by Gasteiger charge is 2.47. The van der Waals surface area contributed by atoms with Gasteiger partial charge in [0.15, 0.2) is 6.29 Å². The first-order valence-corrected chi connectivity index (χ1v) is 5.61. The van der Waals surface area contributed by atoms with E-state index < -0.39 is 0 Å². The molecule has 0 saturated carbocycles. The Morgan fingerprint density at radius 2 is 2.07 bits per heavy atom. The number of hydrogen-bond donors (Lipinski definition) is 0. The predicted octanol–water partition coefficient (Wildman–Crippen LogP) is 1.28. The van der Waals surface area contributed by atoms with Gasteiger partial charge >= 0.3 is 0 Å². The lowest BCUT2D eigenvalue weighted by atomic mass is 9.88. The molecular weight excluding hydrogens is 196 g/mol. The largest absolute Gasteiger partial charge is 0.375 e. The zero-order valence-corrected chi connectivity index (χ0v) is 9.11. The van der Waals surface area contributed by atoms with E-state index in [1.165, 1.54) is 0 Å². The minimum absolute atomic E-state index is 0.0639. The molecule has 86 valence electrons. The zero-order chi connectivity index (χ0) is 10.7. The maximum absolute atomic E-state index is 10.4. The van der Waals surface area contributed by atoms with Gasteiger partial charge in [-0.15, -0.1) is 0 Å². The van der Waals surface area contributed by atoms with Crippen molar-refractivity contribution in [2.45, 2.75) is 50.6 Å². The number of ether oxygens (including phenoxy) is 3. The fraction of sp³-hybridized carbons (Fsp3) is 0.909. The average molecular weight is 214 g/mol. The highest BCUT2D eigenvalue weighted by atomic mass is 16.7. The van der Waals surface area contributed by atoms with Crippen LogP contribution < -0.4 is 0 Å². The van der Waals surface area contributed by atoms with Crippen LogP contribution in [0, 0.1) is 0 Å². The minimum Gasteiger partial charge on any atom is -0.375 e. The van der Waals surface area contributed by atoms with Crippen LogP contribution in [0.1, 0.15) is 32.6 Å². The van der Waals surface area contributed by atoms with Crippen LogP contribution in [0.5, 0.6) is 0 Å². The molecule has 3 atom stereocenters. The molecule has 0 aromatic heterocycles. The number of carbonyl (C=O) groups is 1. The van der Waals surface area contributed by atoms with Gasteiger partial charge < -0.3 is 19.0 Å². The Bertz CT molecular complexity index is 231. The van der Waals surface area contributed by atoms with E-state index in [0.717, 1.165) is 38.8 Å². The summed E-state index contributed by atoms with van der Waals surface area (Å²) < 4.78 is 16.9. The smallest absolute Gasteiger partial charge is 0.155 e. The summed E-state index contributed by atoms with van der Waals surface area (Å²) in [6.45, 7) is 3.37. The van der Waals surface area contributed by atoms with Crippen molar-refractivity contribution in [2.75, 3.05) is 13.2 Å². The van der Waals surface area contributed by atoms with Crippen molar-refractivity contribution in [3.63, 3.8) is 0 Å². The number of rotatable bonds is 3. The van der Waals surface area contributed by atoms with Crippen LogP contribution in [-0.4, -0.2) is 37.5 Å². The van der Waals surface area contributed by atoms with Crippen molar-refractivity contribution in [1.29, 1.82) is 0 Å². The van der Waals surface area contributed by atoms with Crippen LogP contribution in [0.2, 0.25) is 0 Å². The maximum Gasteiger partial charge on any atom is 0.155 e. The van der Waals surface area contributed by atoms with E-state index in [2.05, 4.69) is 0 Å². The molecule has 2 saturated heterocycles. The van der Waals surface area contributed by atoms with Crippen LogP contribution >= 0.6 is 0 Å². The molecule has 0 N–H and O–H groups in total. The van der Waals surface area contributed by atoms with Gasteiger partial charge in [0.1, 0.15) is 11.9 Å². The Kier molecular flexibility index (Phi) is 3.38. The van der Waals surface area contributed by atoms with Crippen LogP contribution in [0.3, 0.4) is 0 Å². The summed E-state index contributed by atoms with van der Waals surface area (Å²) in [5.41, 5.74) is -0.194. The van der Waals surface area contributed by atoms with E-state index in [0.29, 0.717) is 6.42 Å². The highest BCUT2D eigenvalue weighted by Crippen LogP contribution is 2.38. The van der Waals surface area contributed by atoms with Crippen molar-refractivity contribution in [3.8, 4) is 0 Å². The van der Waals surface area contributed by atoms with Crippen LogP contribution in [-0.2, 0) is 19.0 Å². The van der Waals surface area contributed by atoms with Gasteiger partial charge in [-0.05, 0) is 13.3 Å². The summed E-state index contributed by atoms with van der Waals surface area (Å²) in [7, 11) is 0. The third kappa shape index (κ3) is 2.22. The predicted molar refractivity (Wildman–Crippen MR) is 53.5 cm³/mol. The van der Waals surface area contributed by atoms with E-state index >= 15 is 0 Å². The van der Waals surface area contributed by atoms with Gasteiger partial charge in [-0.1, -0.05) is 0 Å². The molecule has 0 aromatic rings. The highest BCUT2D eigenvalue weighted by molar-refractivity contribution is 5.49. The van der Waals surface area contributed by atoms with Gasteiger partial charge in [0.25, 0.3) is 0 Å². The van der Waals surface area contributed by atoms with E-state index in [4.69, 9.17) is 14.2 Å². The molecular formula is C11H18O4. The Hall–Kier alpha value is -0.450. The third-order valence-corrected chi connectivity index (χ3v) is 3.26. The summed E-state index contributed by atoms with van der Waals surface area (Å²) in [6.07, 6.45) is 3.96. The maximum atomic E-state index is 10.4. The molecule has 0 aliphatic carbocycles. The topological polar surface area (TPSA) is 44.8 Å². The lowest BCUT2D eigenvalue weighted by Gasteiger charge is -2.40. The monoisotopic (exact) mass is 214 g/mol. The first-order chi connectivity index (χ1) is 7.27. The Morgan fingerprint density at radius 1 is 1.33 bits per heavy atom. The second kappa shape index (κ2) is 4.60.